The third-order valence-corrected chi connectivity index (χ3v) is 4.21. The summed E-state index contributed by atoms with van der Waals surface area (Å²) in [5.41, 5.74) is 0. The average molecular weight is 239 g/mol. The molecule has 1 N–H and O–H groups in total. The molecule has 0 aliphatic carbocycles. The van der Waals surface area contributed by atoms with E-state index < -0.39 is 0 Å². The van der Waals surface area contributed by atoms with Gasteiger partial charge in [-0.05, 0) is 26.2 Å². The Morgan fingerprint density at radius 2 is 2.25 bits per heavy atom. The fraction of sp³-hybridized carbons (Fsp3) is 0.750. The third kappa shape index (κ3) is 2.95. The first kappa shape index (κ1) is 11.9. The number of thiazole rings is 1. The van der Waals surface area contributed by atoms with E-state index in [4.69, 9.17) is 0 Å². The normalized spacial score (nSPS) is 18.0. The molecule has 1 aromatic heterocycles. The van der Waals surface area contributed by atoms with Gasteiger partial charge in [-0.25, -0.2) is 4.98 Å². The van der Waals surface area contributed by atoms with Gasteiger partial charge >= 0.3 is 0 Å². The van der Waals surface area contributed by atoms with Gasteiger partial charge in [0.05, 0.1) is 0 Å². The number of hydrogen-bond acceptors (Lipinski definition) is 4. The summed E-state index contributed by atoms with van der Waals surface area (Å²) in [5.74, 6) is 0. The first-order chi connectivity index (χ1) is 7.79. The summed E-state index contributed by atoms with van der Waals surface area (Å²) in [6, 6.07) is 0.595. The van der Waals surface area contributed by atoms with Crippen molar-refractivity contribution in [1.29, 1.82) is 0 Å². The number of nitrogens with zero attached hydrogens (tertiary/aromatic N) is 2. The largest absolute Gasteiger partial charge is 0.348 e. The number of anilines is 1. The van der Waals surface area contributed by atoms with Gasteiger partial charge in [0.2, 0.25) is 0 Å². The van der Waals surface area contributed by atoms with E-state index in [0.29, 0.717) is 6.04 Å². The lowest BCUT2D eigenvalue weighted by Crippen LogP contribution is -2.23. The van der Waals surface area contributed by atoms with E-state index in [2.05, 4.69) is 29.0 Å². The second-order valence-electron chi connectivity index (χ2n) is 4.49. The smallest absolute Gasteiger partial charge is 0.185 e. The van der Waals surface area contributed by atoms with E-state index in [9.17, 15) is 0 Å². The van der Waals surface area contributed by atoms with Crippen LogP contribution in [0, 0.1) is 0 Å². The molecule has 1 atom stereocenters. The monoisotopic (exact) mass is 239 g/mol. The highest BCUT2D eigenvalue weighted by Crippen LogP contribution is 2.25. The summed E-state index contributed by atoms with van der Waals surface area (Å²) in [6.07, 6.45) is 5.84. The minimum Gasteiger partial charge on any atom is -0.348 e. The van der Waals surface area contributed by atoms with Gasteiger partial charge in [-0.2, -0.15) is 0 Å². The fourth-order valence-electron chi connectivity index (χ4n) is 1.85. The number of nitrogens with one attached hydrogen (secondary N) is 1. The van der Waals surface area contributed by atoms with Crippen LogP contribution in [0.5, 0.6) is 0 Å². The lowest BCUT2D eigenvalue weighted by molar-refractivity contribution is 0.537. The maximum atomic E-state index is 4.51. The molecule has 0 spiro atoms. The molecule has 1 aliphatic rings. The summed E-state index contributed by atoms with van der Waals surface area (Å²) >= 11 is 1.83. The first-order valence-corrected chi connectivity index (χ1v) is 7.04. The number of hydrogen-bond donors (Lipinski definition) is 1. The Bertz CT molecular complexity index is 318. The molecule has 1 aliphatic heterocycles. The van der Waals surface area contributed by atoms with Crippen LogP contribution in [-0.2, 0) is 6.54 Å². The van der Waals surface area contributed by atoms with E-state index in [1.54, 1.807) is 0 Å². The highest BCUT2D eigenvalue weighted by Gasteiger charge is 2.15. The minimum absolute atomic E-state index is 0.595. The van der Waals surface area contributed by atoms with Crippen molar-refractivity contribution in [2.75, 3.05) is 18.0 Å². The van der Waals surface area contributed by atoms with Gasteiger partial charge in [0.1, 0.15) is 0 Å². The van der Waals surface area contributed by atoms with Crippen LogP contribution in [0.25, 0.3) is 0 Å². The van der Waals surface area contributed by atoms with Crippen molar-refractivity contribution in [3.05, 3.63) is 11.1 Å². The highest BCUT2D eigenvalue weighted by atomic mass is 32.1. The quantitative estimate of drug-likeness (QED) is 0.856. The van der Waals surface area contributed by atoms with Crippen molar-refractivity contribution >= 4 is 16.5 Å². The summed E-state index contributed by atoms with van der Waals surface area (Å²) < 4.78 is 0. The van der Waals surface area contributed by atoms with Gasteiger partial charge in [-0.3, -0.25) is 0 Å². The zero-order chi connectivity index (χ0) is 11.4. The molecule has 4 heteroatoms. The van der Waals surface area contributed by atoms with Crippen molar-refractivity contribution < 1.29 is 0 Å². The maximum Gasteiger partial charge on any atom is 0.185 e. The molecule has 1 saturated heterocycles. The predicted molar refractivity (Wildman–Crippen MR) is 70.2 cm³/mol. The maximum absolute atomic E-state index is 4.51. The van der Waals surface area contributed by atoms with Crippen LogP contribution in [0.1, 0.15) is 38.0 Å². The van der Waals surface area contributed by atoms with Gasteiger partial charge in [0.25, 0.3) is 0 Å². The van der Waals surface area contributed by atoms with E-state index in [-0.39, 0.29) is 0 Å². The average Bonchev–Trinajstić information content (AvgIpc) is 2.95. The molecule has 16 heavy (non-hydrogen) atoms. The molecule has 90 valence electrons. The summed E-state index contributed by atoms with van der Waals surface area (Å²) in [5, 5.41) is 4.71. The molecule has 0 amide bonds. The Balaban J connectivity index is 1.86. The van der Waals surface area contributed by atoms with Gasteiger partial charge in [-0.15, -0.1) is 11.3 Å². The molecule has 3 nitrogen and oxygen atoms in total. The molecule has 2 heterocycles. The van der Waals surface area contributed by atoms with Crippen LogP contribution < -0.4 is 10.2 Å². The van der Waals surface area contributed by atoms with E-state index >= 15 is 0 Å². The Morgan fingerprint density at radius 1 is 1.50 bits per heavy atom. The lowest BCUT2D eigenvalue weighted by Gasteiger charge is -2.12. The summed E-state index contributed by atoms with van der Waals surface area (Å²) in [7, 11) is 0. The van der Waals surface area contributed by atoms with Crippen LogP contribution in [0.15, 0.2) is 6.20 Å². The zero-order valence-electron chi connectivity index (χ0n) is 10.2. The number of rotatable bonds is 5. The Kier molecular flexibility index (Phi) is 4.18. The molecular formula is C12H21N3S. The molecule has 1 aromatic rings. The molecule has 0 aromatic carbocycles. The van der Waals surface area contributed by atoms with Crippen LogP contribution >= 0.6 is 11.3 Å². The molecule has 1 unspecified atom stereocenters. The standard InChI is InChI=1S/C12H21N3S/c1-3-10(2)13-8-11-9-14-12(16-11)15-6-4-5-7-15/h9-10,13H,3-8H2,1-2H3. The molecule has 0 saturated carbocycles. The Hall–Kier alpha value is -0.610. The molecular weight excluding hydrogens is 218 g/mol. The first-order valence-electron chi connectivity index (χ1n) is 6.22. The SMILES string of the molecule is CCC(C)NCc1cnc(N2CCCC2)s1. The van der Waals surface area contributed by atoms with Crippen molar-refractivity contribution in [2.45, 2.75) is 45.7 Å². The topological polar surface area (TPSA) is 28.2 Å². The van der Waals surface area contributed by atoms with E-state index in [1.165, 1.54) is 42.4 Å². The second-order valence-corrected chi connectivity index (χ2v) is 5.59. The molecule has 2 rings (SSSR count). The van der Waals surface area contributed by atoms with E-state index in [1.807, 2.05) is 17.5 Å². The van der Waals surface area contributed by atoms with E-state index in [0.717, 1.165) is 6.54 Å². The van der Waals surface area contributed by atoms with Crippen molar-refractivity contribution in [1.82, 2.24) is 10.3 Å². The fourth-order valence-corrected chi connectivity index (χ4v) is 2.77. The lowest BCUT2D eigenvalue weighted by atomic mass is 10.2. The Labute approximate surface area is 102 Å². The summed E-state index contributed by atoms with van der Waals surface area (Å²) in [6.45, 7) is 7.76. The van der Waals surface area contributed by atoms with Crippen LogP contribution in [-0.4, -0.2) is 24.1 Å². The van der Waals surface area contributed by atoms with Gasteiger partial charge in [0.15, 0.2) is 5.13 Å². The van der Waals surface area contributed by atoms with Crippen LogP contribution in [0.3, 0.4) is 0 Å². The third-order valence-electron chi connectivity index (χ3n) is 3.16. The minimum atomic E-state index is 0.595. The van der Waals surface area contributed by atoms with Crippen LogP contribution in [0.2, 0.25) is 0 Å². The van der Waals surface area contributed by atoms with Crippen LogP contribution in [0.4, 0.5) is 5.13 Å². The van der Waals surface area contributed by atoms with Crippen molar-refractivity contribution in [3.63, 3.8) is 0 Å². The number of aromatic nitrogens is 1. The summed E-state index contributed by atoms with van der Waals surface area (Å²) in [4.78, 5) is 8.26. The second kappa shape index (κ2) is 5.64. The zero-order valence-corrected chi connectivity index (χ0v) is 11.0. The van der Waals surface area contributed by atoms with Crippen molar-refractivity contribution in [2.24, 2.45) is 0 Å². The van der Waals surface area contributed by atoms with Gasteiger partial charge < -0.3 is 10.2 Å². The molecule has 1 fully saturated rings. The van der Waals surface area contributed by atoms with Gasteiger partial charge in [0, 0.05) is 36.8 Å². The predicted octanol–water partition coefficient (Wildman–Crippen LogP) is 2.63. The van der Waals surface area contributed by atoms with Gasteiger partial charge in [-0.1, -0.05) is 6.92 Å². The molecule has 0 bridgehead atoms. The Morgan fingerprint density at radius 3 is 2.94 bits per heavy atom. The highest BCUT2D eigenvalue weighted by molar-refractivity contribution is 7.15. The van der Waals surface area contributed by atoms with Crippen molar-refractivity contribution in [3.8, 4) is 0 Å². The molecule has 0 radical (unpaired) electrons.